The number of fused-ring (bicyclic) bond motifs is 16. The Hall–Kier alpha value is -7.75. The zero-order chi connectivity index (χ0) is 38.7. The average molecular weight is 751 g/mol. The normalized spacial score (nSPS) is 13.2. The van der Waals surface area contributed by atoms with Gasteiger partial charge in [0.05, 0.1) is 10.9 Å². The lowest BCUT2D eigenvalue weighted by Crippen LogP contribution is -2.26. The first-order valence-corrected chi connectivity index (χ1v) is 20.3. The standard InChI is InChI=1S/C56H34N2O/c1-2-20-47-39(14-1)44-18-6-11-26-52(44)57-55(47)58(36-30-28-35(29-31-36)38-21-13-22-46-45-19-7-12-27-53(45)59-54(38)46)37-32-33-43-42-17-5-10-25-50(42)56(51(43)34-37)48-23-8-3-15-40(48)41-16-4-9-24-49(41)56/h1-34H. The van der Waals surface area contributed by atoms with Crippen molar-refractivity contribution in [1.82, 2.24) is 4.98 Å². The second-order valence-corrected chi connectivity index (χ2v) is 15.8. The van der Waals surface area contributed by atoms with Crippen molar-refractivity contribution in [3.05, 3.63) is 229 Å². The van der Waals surface area contributed by atoms with E-state index in [2.05, 4.69) is 199 Å². The summed E-state index contributed by atoms with van der Waals surface area (Å²) in [5.74, 6) is 0.892. The van der Waals surface area contributed by atoms with Crippen LogP contribution in [0, 0.1) is 0 Å². The monoisotopic (exact) mass is 750 g/mol. The molecule has 0 saturated carbocycles. The van der Waals surface area contributed by atoms with Gasteiger partial charge in [-0.25, -0.2) is 4.98 Å². The van der Waals surface area contributed by atoms with Crippen molar-refractivity contribution in [2.24, 2.45) is 0 Å². The van der Waals surface area contributed by atoms with Gasteiger partial charge in [-0.3, -0.25) is 4.90 Å². The van der Waals surface area contributed by atoms with Crippen LogP contribution in [0.15, 0.2) is 211 Å². The number of rotatable bonds is 4. The first kappa shape index (κ1) is 32.3. The molecule has 0 amide bonds. The molecule has 0 unspecified atom stereocenters. The molecule has 11 aromatic rings. The molecule has 0 bridgehead atoms. The molecule has 2 aliphatic carbocycles. The summed E-state index contributed by atoms with van der Waals surface area (Å²) in [4.78, 5) is 7.87. The summed E-state index contributed by atoms with van der Waals surface area (Å²) in [5.41, 5.74) is 17.0. The maximum atomic E-state index is 6.49. The summed E-state index contributed by atoms with van der Waals surface area (Å²) in [6.07, 6.45) is 0. The van der Waals surface area contributed by atoms with Crippen LogP contribution in [0.25, 0.3) is 77.0 Å². The molecule has 3 nitrogen and oxygen atoms in total. The molecule has 13 rings (SSSR count). The topological polar surface area (TPSA) is 29.3 Å². The van der Waals surface area contributed by atoms with Gasteiger partial charge in [-0.15, -0.1) is 0 Å². The third kappa shape index (κ3) is 4.39. The summed E-state index contributed by atoms with van der Waals surface area (Å²) >= 11 is 0. The maximum absolute atomic E-state index is 6.49. The van der Waals surface area contributed by atoms with Crippen LogP contribution >= 0.6 is 0 Å². The van der Waals surface area contributed by atoms with Gasteiger partial charge in [0, 0.05) is 38.5 Å². The molecule has 2 aliphatic rings. The van der Waals surface area contributed by atoms with Crippen molar-refractivity contribution >= 4 is 60.8 Å². The van der Waals surface area contributed by atoms with E-state index in [9.17, 15) is 0 Å². The SMILES string of the molecule is c1ccc2c(c1)-c1ccccc1C21c2ccccc2-c2ccc(N(c3ccc(-c4cccc5c4oc4ccccc45)cc3)c3nc4ccccc4c4ccccc34)cc21. The van der Waals surface area contributed by atoms with Gasteiger partial charge in [0.15, 0.2) is 0 Å². The highest BCUT2D eigenvalue weighted by molar-refractivity contribution is 6.12. The Labute approximate surface area is 341 Å². The van der Waals surface area contributed by atoms with Crippen LogP contribution in [-0.4, -0.2) is 4.98 Å². The minimum absolute atomic E-state index is 0.463. The summed E-state index contributed by atoms with van der Waals surface area (Å²) < 4.78 is 6.49. The van der Waals surface area contributed by atoms with Crippen molar-refractivity contribution in [3.8, 4) is 33.4 Å². The smallest absolute Gasteiger partial charge is 0.146 e. The molecule has 2 heterocycles. The molecule has 59 heavy (non-hydrogen) atoms. The average Bonchev–Trinajstić information content (AvgIpc) is 3.94. The zero-order valence-corrected chi connectivity index (χ0v) is 31.9. The molecule has 1 spiro atoms. The molecule has 0 radical (unpaired) electrons. The number of benzene rings is 9. The predicted molar refractivity (Wildman–Crippen MR) is 243 cm³/mol. The van der Waals surface area contributed by atoms with Crippen molar-refractivity contribution in [1.29, 1.82) is 0 Å². The second kappa shape index (κ2) is 12.1. The molecule has 2 aromatic heterocycles. The lowest BCUT2D eigenvalue weighted by atomic mass is 9.70. The Morgan fingerprint density at radius 1 is 0.373 bits per heavy atom. The van der Waals surface area contributed by atoms with Crippen molar-refractivity contribution in [3.63, 3.8) is 0 Å². The quantitative estimate of drug-likeness (QED) is 0.168. The van der Waals surface area contributed by atoms with E-state index in [0.717, 1.165) is 66.5 Å². The highest BCUT2D eigenvalue weighted by atomic mass is 16.3. The molecule has 0 atom stereocenters. The fraction of sp³-hybridized carbons (Fsp3) is 0.0179. The van der Waals surface area contributed by atoms with E-state index in [1.807, 2.05) is 12.1 Å². The van der Waals surface area contributed by atoms with Gasteiger partial charge in [0.25, 0.3) is 0 Å². The fourth-order valence-electron chi connectivity index (χ4n) is 10.4. The minimum atomic E-state index is -0.463. The van der Waals surface area contributed by atoms with E-state index in [1.165, 1.54) is 49.9 Å². The van der Waals surface area contributed by atoms with Gasteiger partial charge in [0.2, 0.25) is 0 Å². The summed E-state index contributed by atoms with van der Waals surface area (Å²) in [6.45, 7) is 0. The second-order valence-electron chi connectivity index (χ2n) is 15.8. The van der Waals surface area contributed by atoms with Crippen LogP contribution in [-0.2, 0) is 5.41 Å². The number of furan rings is 1. The lowest BCUT2D eigenvalue weighted by Gasteiger charge is -2.32. The van der Waals surface area contributed by atoms with E-state index in [1.54, 1.807) is 0 Å². The van der Waals surface area contributed by atoms with Gasteiger partial charge in [-0.2, -0.15) is 0 Å². The summed E-state index contributed by atoms with van der Waals surface area (Å²) in [6, 6.07) is 74.9. The molecular formula is C56H34N2O. The molecule has 9 aromatic carbocycles. The highest BCUT2D eigenvalue weighted by Crippen LogP contribution is 2.63. The van der Waals surface area contributed by atoms with Gasteiger partial charge >= 0.3 is 0 Å². The third-order valence-corrected chi connectivity index (χ3v) is 12.9. The molecule has 0 saturated heterocycles. The molecule has 3 heteroatoms. The fourth-order valence-corrected chi connectivity index (χ4v) is 10.4. The van der Waals surface area contributed by atoms with E-state index in [0.29, 0.717) is 0 Å². The first-order chi connectivity index (χ1) is 29.3. The van der Waals surface area contributed by atoms with Crippen LogP contribution in [0.3, 0.4) is 0 Å². The van der Waals surface area contributed by atoms with Gasteiger partial charge < -0.3 is 4.42 Å². The van der Waals surface area contributed by atoms with Crippen molar-refractivity contribution < 1.29 is 4.42 Å². The lowest BCUT2D eigenvalue weighted by molar-refractivity contribution is 0.670. The van der Waals surface area contributed by atoms with Gasteiger partial charge in [-0.1, -0.05) is 170 Å². The summed E-state index contributed by atoms with van der Waals surface area (Å²) in [5, 5.41) is 5.67. The number of anilines is 3. The van der Waals surface area contributed by atoms with Crippen LogP contribution in [0.4, 0.5) is 17.2 Å². The number of nitrogens with zero attached hydrogens (tertiary/aromatic N) is 2. The molecule has 0 N–H and O–H groups in total. The summed E-state index contributed by atoms with van der Waals surface area (Å²) in [7, 11) is 0. The van der Waals surface area contributed by atoms with Crippen molar-refractivity contribution in [2.45, 2.75) is 5.41 Å². The number of para-hydroxylation sites is 3. The number of hydrogen-bond donors (Lipinski definition) is 0. The molecular weight excluding hydrogens is 717 g/mol. The van der Waals surface area contributed by atoms with E-state index >= 15 is 0 Å². The van der Waals surface area contributed by atoms with E-state index < -0.39 is 5.41 Å². The third-order valence-electron chi connectivity index (χ3n) is 12.9. The predicted octanol–water partition coefficient (Wildman–Crippen LogP) is 14.8. The van der Waals surface area contributed by atoms with Crippen LogP contribution < -0.4 is 4.90 Å². The van der Waals surface area contributed by atoms with Crippen LogP contribution in [0.1, 0.15) is 22.3 Å². The Morgan fingerprint density at radius 2 is 0.898 bits per heavy atom. The molecule has 0 aliphatic heterocycles. The number of aromatic nitrogens is 1. The first-order valence-electron chi connectivity index (χ1n) is 20.3. The largest absolute Gasteiger partial charge is 0.455 e. The Bertz CT molecular complexity index is 3460. The maximum Gasteiger partial charge on any atom is 0.146 e. The molecule has 274 valence electrons. The van der Waals surface area contributed by atoms with E-state index in [4.69, 9.17) is 9.40 Å². The van der Waals surface area contributed by atoms with Crippen LogP contribution in [0.5, 0.6) is 0 Å². The zero-order valence-electron chi connectivity index (χ0n) is 31.9. The Kier molecular flexibility index (Phi) is 6.65. The van der Waals surface area contributed by atoms with Crippen LogP contribution in [0.2, 0.25) is 0 Å². The number of hydrogen-bond acceptors (Lipinski definition) is 3. The van der Waals surface area contributed by atoms with Gasteiger partial charge in [-0.05, 0) is 91.9 Å². The van der Waals surface area contributed by atoms with Crippen molar-refractivity contribution in [2.75, 3.05) is 4.90 Å². The Balaban J connectivity index is 1.07. The number of pyridine rings is 1. The highest BCUT2D eigenvalue weighted by Gasteiger charge is 2.51. The Morgan fingerprint density at radius 3 is 1.61 bits per heavy atom. The molecule has 0 fully saturated rings. The van der Waals surface area contributed by atoms with Gasteiger partial charge in [0.1, 0.15) is 17.0 Å². The van der Waals surface area contributed by atoms with E-state index in [-0.39, 0.29) is 0 Å². The minimum Gasteiger partial charge on any atom is -0.455 e.